The van der Waals surface area contributed by atoms with Crippen molar-refractivity contribution in [2.45, 2.75) is 12.8 Å². The Bertz CT molecular complexity index is 1090. The predicted octanol–water partition coefficient (Wildman–Crippen LogP) is 3.42. The van der Waals surface area contributed by atoms with Crippen molar-refractivity contribution in [3.8, 4) is 11.3 Å². The molecular weight excluding hydrogens is 354 g/mol. The van der Waals surface area contributed by atoms with Crippen molar-refractivity contribution in [2.24, 2.45) is 0 Å². The molecule has 1 saturated heterocycles. The van der Waals surface area contributed by atoms with Gasteiger partial charge in [-0.25, -0.2) is 0 Å². The summed E-state index contributed by atoms with van der Waals surface area (Å²) in [6.07, 6.45) is 1.37. The maximum atomic E-state index is 12.6. The summed E-state index contributed by atoms with van der Waals surface area (Å²) < 4.78 is 0. The van der Waals surface area contributed by atoms with Crippen LogP contribution in [0.4, 0.5) is 11.4 Å². The van der Waals surface area contributed by atoms with E-state index in [9.17, 15) is 14.4 Å². The van der Waals surface area contributed by atoms with E-state index in [0.29, 0.717) is 24.3 Å². The second-order valence-corrected chi connectivity index (χ2v) is 6.63. The zero-order valence-corrected chi connectivity index (χ0v) is 15.1. The number of nitrogens with one attached hydrogen (secondary N) is 2. The molecule has 0 saturated carbocycles. The summed E-state index contributed by atoms with van der Waals surface area (Å²) in [4.78, 5) is 41.3. The average molecular weight is 373 g/mol. The summed E-state index contributed by atoms with van der Waals surface area (Å²) in [6, 6.07) is 19.7. The number of aromatic amines is 1. The quantitative estimate of drug-likeness (QED) is 0.735. The Labute approximate surface area is 161 Å². The van der Waals surface area contributed by atoms with Crippen LogP contribution in [0.3, 0.4) is 0 Å². The van der Waals surface area contributed by atoms with E-state index in [-0.39, 0.29) is 11.5 Å². The van der Waals surface area contributed by atoms with E-state index in [0.717, 1.165) is 17.7 Å². The van der Waals surface area contributed by atoms with E-state index < -0.39 is 11.5 Å². The third kappa shape index (κ3) is 3.57. The van der Waals surface area contributed by atoms with Crippen LogP contribution >= 0.6 is 0 Å². The van der Waals surface area contributed by atoms with Gasteiger partial charge in [-0.3, -0.25) is 14.4 Å². The molecule has 28 heavy (non-hydrogen) atoms. The fourth-order valence-corrected chi connectivity index (χ4v) is 3.31. The van der Waals surface area contributed by atoms with Gasteiger partial charge < -0.3 is 15.2 Å². The minimum absolute atomic E-state index is 0.0299. The Morgan fingerprint density at radius 3 is 2.50 bits per heavy atom. The number of nitrogens with zero attached hydrogens (tertiary/aromatic N) is 1. The van der Waals surface area contributed by atoms with Gasteiger partial charge in [0.25, 0.3) is 11.5 Å². The maximum absolute atomic E-state index is 12.6. The van der Waals surface area contributed by atoms with Crippen molar-refractivity contribution in [2.75, 3.05) is 16.8 Å². The van der Waals surface area contributed by atoms with Gasteiger partial charge in [-0.2, -0.15) is 0 Å². The number of pyridine rings is 1. The highest BCUT2D eigenvalue weighted by Gasteiger charge is 2.22. The van der Waals surface area contributed by atoms with E-state index in [4.69, 9.17) is 0 Å². The number of H-pyrrole nitrogens is 1. The lowest BCUT2D eigenvalue weighted by molar-refractivity contribution is -0.117. The molecule has 6 heteroatoms. The van der Waals surface area contributed by atoms with E-state index in [1.165, 1.54) is 6.07 Å². The molecule has 0 bridgehead atoms. The van der Waals surface area contributed by atoms with Crippen LogP contribution in [0.5, 0.6) is 0 Å². The van der Waals surface area contributed by atoms with Crippen LogP contribution in [0.2, 0.25) is 0 Å². The van der Waals surface area contributed by atoms with Crippen LogP contribution in [0.25, 0.3) is 11.3 Å². The van der Waals surface area contributed by atoms with Crippen molar-refractivity contribution >= 4 is 23.2 Å². The van der Waals surface area contributed by atoms with Gasteiger partial charge in [0.05, 0.1) is 0 Å². The van der Waals surface area contributed by atoms with Gasteiger partial charge in [-0.1, -0.05) is 36.4 Å². The SMILES string of the molecule is O=C(Nc1cccc(N2CCCC2=O)c1)c1ccc(-c2ccccc2)[nH]c1=O. The van der Waals surface area contributed by atoms with Gasteiger partial charge in [0.1, 0.15) is 5.56 Å². The maximum Gasteiger partial charge on any atom is 0.261 e. The highest BCUT2D eigenvalue weighted by Crippen LogP contribution is 2.24. The normalized spacial score (nSPS) is 13.6. The van der Waals surface area contributed by atoms with E-state index in [1.54, 1.807) is 29.2 Å². The number of carbonyl (C=O) groups is 2. The molecular formula is C22H19N3O3. The first-order valence-electron chi connectivity index (χ1n) is 9.12. The molecule has 1 aliphatic heterocycles. The molecule has 2 aromatic carbocycles. The van der Waals surface area contributed by atoms with Gasteiger partial charge in [-0.05, 0) is 42.3 Å². The third-order valence-corrected chi connectivity index (χ3v) is 4.73. The Morgan fingerprint density at radius 2 is 1.79 bits per heavy atom. The summed E-state index contributed by atoms with van der Waals surface area (Å²) in [5.41, 5.74) is 2.38. The van der Waals surface area contributed by atoms with Crippen LogP contribution < -0.4 is 15.8 Å². The molecule has 140 valence electrons. The zero-order valence-electron chi connectivity index (χ0n) is 15.1. The molecule has 0 atom stereocenters. The Hall–Kier alpha value is -3.67. The minimum atomic E-state index is -0.495. The zero-order chi connectivity index (χ0) is 19.5. The number of amides is 2. The molecule has 1 aromatic heterocycles. The molecule has 1 fully saturated rings. The molecule has 2 N–H and O–H groups in total. The molecule has 3 aromatic rings. The number of anilines is 2. The van der Waals surface area contributed by atoms with E-state index in [1.807, 2.05) is 36.4 Å². The van der Waals surface area contributed by atoms with Crippen molar-refractivity contribution in [1.82, 2.24) is 4.98 Å². The molecule has 0 radical (unpaired) electrons. The summed E-state index contributed by atoms with van der Waals surface area (Å²) in [5, 5.41) is 2.74. The fraction of sp³-hybridized carbons (Fsp3) is 0.136. The fourth-order valence-electron chi connectivity index (χ4n) is 3.31. The first-order valence-corrected chi connectivity index (χ1v) is 9.12. The highest BCUT2D eigenvalue weighted by molar-refractivity contribution is 6.04. The Morgan fingerprint density at radius 1 is 0.964 bits per heavy atom. The van der Waals surface area contributed by atoms with Gasteiger partial charge in [0, 0.05) is 30.0 Å². The van der Waals surface area contributed by atoms with Crippen LogP contribution in [0.15, 0.2) is 71.5 Å². The minimum Gasteiger partial charge on any atom is -0.322 e. The topological polar surface area (TPSA) is 82.3 Å². The molecule has 1 aliphatic rings. The largest absolute Gasteiger partial charge is 0.322 e. The van der Waals surface area contributed by atoms with E-state index in [2.05, 4.69) is 10.3 Å². The average Bonchev–Trinajstić information content (AvgIpc) is 3.14. The van der Waals surface area contributed by atoms with Gasteiger partial charge in [0.2, 0.25) is 5.91 Å². The summed E-state index contributed by atoms with van der Waals surface area (Å²) in [5.74, 6) is -0.415. The van der Waals surface area contributed by atoms with Crippen molar-refractivity contribution in [3.05, 3.63) is 82.6 Å². The molecule has 0 spiro atoms. The molecule has 2 heterocycles. The number of aromatic nitrogens is 1. The van der Waals surface area contributed by atoms with Gasteiger partial charge in [-0.15, -0.1) is 0 Å². The number of hydrogen-bond acceptors (Lipinski definition) is 3. The van der Waals surface area contributed by atoms with Crippen LogP contribution in [-0.4, -0.2) is 23.3 Å². The summed E-state index contributed by atoms with van der Waals surface area (Å²) in [6.45, 7) is 0.677. The summed E-state index contributed by atoms with van der Waals surface area (Å²) >= 11 is 0. The lowest BCUT2D eigenvalue weighted by atomic mass is 10.1. The van der Waals surface area contributed by atoms with Crippen molar-refractivity contribution in [3.63, 3.8) is 0 Å². The number of carbonyl (C=O) groups excluding carboxylic acids is 2. The Kier molecular flexibility index (Phi) is 4.76. The monoisotopic (exact) mass is 373 g/mol. The Balaban J connectivity index is 1.54. The number of hydrogen-bond donors (Lipinski definition) is 2. The van der Waals surface area contributed by atoms with Crippen LogP contribution in [0.1, 0.15) is 23.2 Å². The predicted molar refractivity (Wildman–Crippen MR) is 108 cm³/mol. The van der Waals surface area contributed by atoms with Crippen molar-refractivity contribution < 1.29 is 9.59 Å². The molecule has 0 aliphatic carbocycles. The first kappa shape index (κ1) is 17.7. The van der Waals surface area contributed by atoms with Crippen molar-refractivity contribution in [1.29, 1.82) is 0 Å². The molecule has 2 amide bonds. The lowest BCUT2D eigenvalue weighted by Crippen LogP contribution is -2.25. The third-order valence-electron chi connectivity index (χ3n) is 4.73. The van der Waals surface area contributed by atoms with Crippen LogP contribution in [0, 0.1) is 0 Å². The van der Waals surface area contributed by atoms with Gasteiger partial charge >= 0.3 is 0 Å². The molecule has 0 unspecified atom stereocenters. The van der Waals surface area contributed by atoms with E-state index >= 15 is 0 Å². The standard InChI is InChI=1S/C22H19N3O3/c26-20-10-5-13-25(20)17-9-4-8-16(14-17)23-21(27)18-11-12-19(24-22(18)28)15-6-2-1-3-7-15/h1-4,6-9,11-12,14H,5,10,13H2,(H,23,27)(H,24,28). The second-order valence-electron chi connectivity index (χ2n) is 6.63. The molecule has 4 rings (SSSR count). The summed E-state index contributed by atoms with van der Waals surface area (Å²) in [7, 11) is 0. The smallest absolute Gasteiger partial charge is 0.261 e. The highest BCUT2D eigenvalue weighted by atomic mass is 16.2. The van der Waals surface area contributed by atoms with Gasteiger partial charge in [0.15, 0.2) is 0 Å². The lowest BCUT2D eigenvalue weighted by Gasteiger charge is -2.16. The first-order chi connectivity index (χ1) is 13.6. The number of rotatable bonds is 4. The number of benzene rings is 2. The van der Waals surface area contributed by atoms with Crippen LogP contribution in [-0.2, 0) is 4.79 Å². The second kappa shape index (κ2) is 7.52. The molecule has 6 nitrogen and oxygen atoms in total.